The molecule has 18 heavy (non-hydrogen) atoms. The van der Waals surface area contributed by atoms with Crippen molar-refractivity contribution in [2.45, 2.75) is 39.0 Å². The van der Waals surface area contributed by atoms with Crippen molar-refractivity contribution in [1.82, 2.24) is 4.98 Å². The lowest BCUT2D eigenvalue weighted by molar-refractivity contribution is 0.0816. The van der Waals surface area contributed by atoms with Crippen LogP contribution in [0.5, 0.6) is 5.88 Å². The minimum absolute atomic E-state index is 0.154. The Hall–Kier alpha value is -1.38. The average molecular weight is 247 g/mol. The first-order valence-corrected chi connectivity index (χ1v) is 6.81. The summed E-state index contributed by atoms with van der Waals surface area (Å²) in [5.41, 5.74) is 0.644. The maximum Gasteiger partial charge on any atom is 0.224 e. The van der Waals surface area contributed by atoms with Crippen LogP contribution in [-0.2, 0) is 0 Å². The zero-order valence-corrected chi connectivity index (χ0v) is 11.2. The van der Waals surface area contributed by atoms with E-state index in [2.05, 4.69) is 11.9 Å². The van der Waals surface area contributed by atoms with Gasteiger partial charge in [-0.3, -0.25) is 4.79 Å². The van der Waals surface area contributed by atoms with Gasteiger partial charge in [-0.15, -0.1) is 0 Å². The topological polar surface area (TPSA) is 39.2 Å². The number of pyridine rings is 1. The lowest BCUT2D eigenvalue weighted by atomic mass is 9.74. The van der Waals surface area contributed by atoms with Gasteiger partial charge in [0.05, 0.1) is 12.7 Å². The normalized spacial score (nSPS) is 23.7. The van der Waals surface area contributed by atoms with Gasteiger partial charge in [-0.25, -0.2) is 4.98 Å². The molecule has 1 heterocycles. The van der Waals surface area contributed by atoms with Crippen molar-refractivity contribution in [2.24, 2.45) is 11.8 Å². The number of hydrogen-bond acceptors (Lipinski definition) is 3. The highest BCUT2D eigenvalue weighted by molar-refractivity contribution is 6.00. The zero-order chi connectivity index (χ0) is 13.0. The predicted molar refractivity (Wildman–Crippen MR) is 70.9 cm³/mol. The van der Waals surface area contributed by atoms with Crippen LogP contribution in [0.4, 0.5) is 0 Å². The third kappa shape index (κ3) is 2.55. The Morgan fingerprint density at radius 3 is 2.94 bits per heavy atom. The first-order chi connectivity index (χ1) is 8.77. The second-order valence-electron chi connectivity index (χ2n) is 4.98. The van der Waals surface area contributed by atoms with Crippen LogP contribution >= 0.6 is 0 Å². The van der Waals surface area contributed by atoms with Gasteiger partial charge in [-0.1, -0.05) is 26.2 Å². The molecular formula is C15H21NO2. The highest BCUT2D eigenvalue weighted by atomic mass is 16.5. The fourth-order valence-electron chi connectivity index (χ4n) is 2.98. The summed E-state index contributed by atoms with van der Waals surface area (Å²) in [6.45, 7) is 2.18. The Kier molecular flexibility index (Phi) is 4.34. The molecule has 0 amide bonds. The second kappa shape index (κ2) is 5.98. The fourth-order valence-corrected chi connectivity index (χ4v) is 2.98. The van der Waals surface area contributed by atoms with Gasteiger partial charge in [0, 0.05) is 12.1 Å². The van der Waals surface area contributed by atoms with Crippen molar-refractivity contribution in [3.8, 4) is 5.88 Å². The van der Waals surface area contributed by atoms with Gasteiger partial charge in [0.15, 0.2) is 5.78 Å². The predicted octanol–water partition coefficient (Wildman–Crippen LogP) is 3.49. The molecular weight excluding hydrogens is 226 g/mol. The van der Waals surface area contributed by atoms with E-state index in [0.29, 0.717) is 17.4 Å². The molecule has 2 atom stereocenters. The Morgan fingerprint density at radius 1 is 1.44 bits per heavy atom. The van der Waals surface area contributed by atoms with Crippen LogP contribution in [0.1, 0.15) is 49.4 Å². The molecule has 1 aliphatic carbocycles. The van der Waals surface area contributed by atoms with E-state index in [9.17, 15) is 4.79 Å². The summed E-state index contributed by atoms with van der Waals surface area (Å²) in [6, 6.07) is 3.63. The van der Waals surface area contributed by atoms with E-state index >= 15 is 0 Å². The third-order valence-corrected chi connectivity index (χ3v) is 4.00. The number of Topliss-reactive ketones (excluding diaryl/α,β-unsaturated/α-hetero) is 1. The third-order valence-electron chi connectivity index (χ3n) is 4.00. The van der Waals surface area contributed by atoms with Crippen LogP contribution in [0.2, 0.25) is 0 Å². The molecule has 3 nitrogen and oxygen atoms in total. The van der Waals surface area contributed by atoms with Crippen molar-refractivity contribution in [1.29, 1.82) is 0 Å². The molecule has 0 N–H and O–H groups in total. The van der Waals surface area contributed by atoms with Crippen molar-refractivity contribution in [3.63, 3.8) is 0 Å². The highest BCUT2D eigenvalue weighted by Gasteiger charge is 2.31. The smallest absolute Gasteiger partial charge is 0.224 e. The lowest BCUT2D eigenvalue weighted by Gasteiger charge is -2.29. The maximum absolute atomic E-state index is 12.6. The van der Waals surface area contributed by atoms with Gasteiger partial charge in [0.25, 0.3) is 0 Å². The van der Waals surface area contributed by atoms with Gasteiger partial charge in [0.2, 0.25) is 5.88 Å². The average Bonchev–Trinajstić information content (AvgIpc) is 2.46. The van der Waals surface area contributed by atoms with E-state index in [1.807, 2.05) is 6.07 Å². The van der Waals surface area contributed by atoms with E-state index in [4.69, 9.17) is 4.74 Å². The molecule has 1 aliphatic rings. The molecule has 3 heteroatoms. The molecule has 98 valence electrons. The number of methoxy groups -OCH3 is 1. The molecule has 1 aromatic heterocycles. The van der Waals surface area contributed by atoms with Crippen LogP contribution in [0.15, 0.2) is 18.3 Å². The number of ether oxygens (including phenoxy) is 1. The number of nitrogens with zero attached hydrogens (tertiary/aromatic N) is 1. The number of carbonyl (C=O) groups excluding carboxylic acids is 1. The molecule has 0 aliphatic heterocycles. The quantitative estimate of drug-likeness (QED) is 0.764. The molecule has 1 fully saturated rings. The van der Waals surface area contributed by atoms with Crippen molar-refractivity contribution >= 4 is 5.78 Å². The summed E-state index contributed by atoms with van der Waals surface area (Å²) in [5, 5.41) is 0. The molecule has 2 rings (SSSR count). The molecule has 1 saturated carbocycles. The summed E-state index contributed by atoms with van der Waals surface area (Å²) >= 11 is 0. The van der Waals surface area contributed by atoms with Crippen LogP contribution in [-0.4, -0.2) is 17.9 Å². The molecule has 0 saturated heterocycles. The largest absolute Gasteiger partial charge is 0.480 e. The van der Waals surface area contributed by atoms with Gasteiger partial charge in [-0.05, 0) is 30.9 Å². The molecule has 0 bridgehead atoms. The SMILES string of the molecule is CCC1CCCCC1C(=O)c1cccnc1OC. The molecule has 0 radical (unpaired) electrons. The number of hydrogen-bond donors (Lipinski definition) is 0. The monoisotopic (exact) mass is 247 g/mol. The first-order valence-electron chi connectivity index (χ1n) is 6.81. The maximum atomic E-state index is 12.6. The Balaban J connectivity index is 2.24. The van der Waals surface area contributed by atoms with Gasteiger partial charge in [-0.2, -0.15) is 0 Å². The van der Waals surface area contributed by atoms with Crippen molar-refractivity contribution in [2.75, 3.05) is 7.11 Å². The summed E-state index contributed by atoms with van der Waals surface area (Å²) in [6.07, 6.45) is 7.35. The highest BCUT2D eigenvalue weighted by Crippen LogP contribution is 2.35. The fraction of sp³-hybridized carbons (Fsp3) is 0.600. The van der Waals surface area contributed by atoms with Gasteiger partial charge in [0.1, 0.15) is 0 Å². The standard InChI is InChI=1S/C15H21NO2/c1-3-11-7-4-5-8-12(11)14(17)13-9-6-10-16-15(13)18-2/h6,9-12H,3-5,7-8H2,1-2H3. The molecule has 2 unspecified atom stereocenters. The van der Waals surface area contributed by atoms with E-state index in [1.165, 1.54) is 12.8 Å². The van der Waals surface area contributed by atoms with Gasteiger partial charge < -0.3 is 4.74 Å². The second-order valence-corrected chi connectivity index (χ2v) is 4.98. The molecule has 0 aromatic carbocycles. The van der Waals surface area contributed by atoms with E-state index in [0.717, 1.165) is 19.3 Å². The zero-order valence-electron chi connectivity index (χ0n) is 11.2. The van der Waals surface area contributed by atoms with Crippen LogP contribution in [0.3, 0.4) is 0 Å². The Labute approximate surface area is 109 Å². The summed E-state index contributed by atoms with van der Waals surface area (Å²) < 4.78 is 5.19. The Morgan fingerprint density at radius 2 is 2.22 bits per heavy atom. The minimum atomic E-state index is 0.154. The lowest BCUT2D eigenvalue weighted by Crippen LogP contribution is -2.27. The first kappa shape index (κ1) is 13.1. The summed E-state index contributed by atoms with van der Waals surface area (Å²) in [7, 11) is 1.57. The van der Waals surface area contributed by atoms with E-state index in [-0.39, 0.29) is 11.7 Å². The van der Waals surface area contributed by atoms with Crippen LogP contribution in [0, 0.1) is 11.8 Å². The van der Waals surface area contributed by atoms with E-state index in [1.54, 1.807) is 19.4 Å². The van der Waals surface area contributed by atoms with Crippen molar-refractivity contribution in [3.05, 3.63) is 23.9 Å². The number of carbonyl (C=O) groups is 1. The van der Waals surface area contributed by atoms with Crippen LogP contribution in [0.25, 0.3) is 0 Å². The number of ketones is 1. The van der Waals surface area contributed by atoms with E-state index < -0.39 is 0 Å². The molecule has 1 aromatic rings. The summed E-state index contributed by atoms with van der Waals surface area (Å²) in [5.74, 6) is 1.35. The number of aromatic nitrogens is 1. The van der Waals surface area contributed by atoms with Gasteiger partial charge >= 0.3 is 0 Å². The molecule has 0 spiro atoms. The Bertz CT molecular complexity index is 417. The summed E-state index contributed by atoms with van der Waals surface area (Å²) in [4.78, 5) is 16.7. The van der Waals surface area contributed by atoms with Crippen LogP contribution < -0.4 is 4.74 Å². The van der Waals surface area contributed by atoms with Crippen molar-refractivity contribution < 1.29 is 9.53 Å². The number of rotatable bonds is 4. The minimum Gasteiger partial charge on any atom is -0.480 e.